The standard InChI is InChI=1S/C9H14N4O4S/c1-10-18(16,17)13-9(3-2-4-9)8-11-5-6(12-8)7(14)15/h5,10,13H,2-4H2,1H3,(H,11,12)(H,14,15). The van der Waals surface area contributed by atoms with Gasteiger partial charge in [0.15, 0.2) is 0 Å². The average molecular weight is 274 g/mol. The predicted molar refractivity (Wildman–Crippen MR) is 62.2 cm³/mol. The summed E-state index contributed by atoms with van der Waals surface area (Å²) in [7, 11) is -2.30. The van der Waals surface area contributed by atoms with Crippen LogP contribution in [-0.2, 0) is 15.7 Å². The molecule has 0 bridgehead atoms. The predicted octanol–water partition coefficient (Wildman–Crippen LogP) is -0.459. The van der Waals surface area contributed by atoms with Crippen LogP contribution in [0.1, 0.15) is 35.6 Å². The first-order chi connectivity index (χ1) is 8.38. The number of carbonyl (C=O) groups is 1. The highest BCUT2D eigenvalue weighted by Crippen LogP contribution is 2.40. The van der Waals surface area contributed by atoms with E-state index in [1.165, 1.54) is 13.2 Å². The maximum absolute atomic E-state index is 11.5. The maximum Gasteiger partial charge on any atom is 0.353 e. The summed E-state index contributed by atoms with van der Waals surface area (Å²) in [4.78, 5) is 17.4. The van der Waals surface area contributed by atoms with E-state index in [0.29, 0.717) is 18.7 Å². The smallest absolute Gasteiger partial charge is 0.353 e. The molecule has 1 saturated carbocycles. The van der Waals surface area contributed by atoms with Crippen LogP contribution in [0.2, 0.25) is 0 Å². The van der Waals surface area contributed by atoms with Crippen LogP contribution in [0, 0.1) is 0 Å². The Balaban J connectivity index is 2.29. The molecular weight excluding hydrogens is 260 g/mol. The molecular formula is C9H14N4O4S. The van der Waals surface area contributed by atoms with Crippen molar-refractivity contribution >= 4 is 16.2 Å². The second-order valence-electron chi connectivity index (χ2n) is 4.20. The summed E-state index contributed by atoms with van der Waals surface area (Å²) < 4.78 is 27.7. The topological polar surface area (TPSA) is 124 Å². The molecule has 9 heteroatoms. The number of carboxylic acids is 1. The van der Waals surface area contributed by atoms with Gasteiger partial charge in [0, 0.05) is 7.05 Å². The quantitative estimate of drug-likeness (QED) is 0.578. The number of aromatic nitrogens is 2. The van der Waals surface area contributed by atoms with Gasteiger partial charge in [-0.3, -0.25) is 0 Å². The number of hydrogen-bond donors (Lipinski definition) is 4. The largest absolute Gasteiger partial charge is 0.477 e. The molecule has 8 nitrogen and oxygen atoms in total. The number of nitrogens with zero attached hydrogens (tertiary/aromatic N) is 1. The van der Waals surface area contributed by atoms with E-state index in [4.69, 9.17) is 5.11 Å². The number of rotatable bonds is 5. The normalized spacial score (nSPS) is 18.3. The molecule has 0 amide bonds. The fourth-order valence-electron chi connectivity index (χ4n) is 1.90. The van der Waals surface area contributed by atoms with Crippen molar-refractivity contribution < 1.29 is 18.3 Å². The van der Waals surface area contributed by atoms with Crippen molar-refractivity contribution in [2.75, 3.05) is 7.05 Å². The van der Waals surface area contributed by atoms with Gasteiger partial charge in [-0.05, 0) is 19.3 Å². The molecule has 0 radical (unpaired) electrons. The van der Waals surface area contributed by atoms with Crippen molar-refractivity contribution in [3.8, 4) is 0 Å². The molecule has 100 valence electrons. The van der Waals surface area contributed by atoms with Crippen LogP contribution in [0.25, 0.3) is 0 Å². The lowest BCUT2D eigenvalue weighted by atomic mass is 9.77. The van der Waals surface area contributed by atoms with Crippen LogP contribution in [0.3, 0.4) is 0 Å². The van der Waals surface area contributed by atoms with Crippen molar-refractivity contribution in [2.45, 2.75) is 24.8 Å². The van der Waals surface area contributed by atoms with Crippen molar-refractivity contribution in [3.63, 3.8) is 0 Å². The number of imidazole rings is 1. The number of H-pyrrole nitrogens is 1. The second-order valence-corrected chi connectivity index (χ2v) is 5.82. The van der Waals surface area contributed by atoms with Gasteiger partial charge in [-0.15, -0.1) is 0 Å². The van der Waals surface area contributed by atoms with Crippen molar-refractivity contribution in [1.82, 2.24) is 19.4 Å². The number of nitrogens with one attached hydrogen (secondary N) is 3. The Morgan fingerprint density at radius 2 is 2.22 bits per heavy atom. The Kier molecular flexibility index (Phi) is 3.13. The molecule has 18 heavy (non-hydrogen) atoms. The molecule has 0 unspecified atom stereocenters. The molecule has 1 fully saturated rings. The van der Waals surface area contributed by atoms with Gasteiger partial charge in [0.25, 0.3) is 10.2 Å². The molecule has 0 spiro atoms. The fourth-order valence-corrected chi connectivity index (χ4v) is 2.82. The third kappa shape index (κ3) is 2.24. The van der Waals surface area contributed by atoms with E-state index in [1.54, 1.807) is 0 Å². The molecule has 1 aliphatic carbocycles. The lowest BCUT2D eigenvalue weighted by molar-refractivity contribution is 0.0690. The van der Waals surface area contributed by atoms with Gasteiger partial charge in [-0.25, -0.2) is 14.5 Å². The molecule has 1 heterocycles. The van der Waals surface area contributed by atoms with Gasteiger partial charge < -0.3 is 10.1 Å². The monoisotopic (exact) mass is 274 g/mol. The SMILES string of the molecule is CNS(=O)(=O)NC1(c2ncc(C(=O)O)[nH]2)CCC1. The number of aromatic amines is 1. The summed E-state index contributed by atoms with van der Waals surface area (Å²) in [6.07, 6.45) is 3.21. The maximum atomic E-state index is 11.5. The summed E-state index contributed by atoms with van der Waals surface area (Å²) in [5.41, 5.74) is -0.879. The zero-order valence-corrected chi connectivity index (χ0v) is 10.5. The average Bonchev–Trinajstić information content (AvgIpc) is 2.73. The van der Waals surface area contributed by atoms with Crippen LogP contribution in [0.5, 0.6) is 0 Å². The van der Waals surface area contributed by atoms with Crippen molar-refractivity contribution in [3.05, 3.63) is 17.7 Å². The molecule has 1 aromatic heterocycles. The Hall–Kier alpha value is -1.45. The van der Waals surface area contributed by atoms with Crippen molar-refractivity contribution in [1.29, 1.82) is 0 Å². The first kappa shape index (κ1) is 13.0. The summed E-state index contributed by atoms with van der Waals surface area (Å²) in [5.74, 6) is -0.787. The van der Waals surface area contributed by atoms with E-state index in [-0.39, 0.29) is 5.69 Å². The Morgan fingerprint density at radius 1 is 1.56 bits per heavy atom. The fraction of sp³-hybridized carbons (Fsp3) is 0.556. The zero-order valence-electron chi connectivity index (χ0n) is 9.73. The van der Waals surface area contributed by atoms with Crippen LogP contribution >= 0.6 is 0 Å². The highest BCUT2D eigenvalue weighted by atomic mass is 32.2. The molecule has 0 aliphatic heterocycles. The summed E-state index contributed by atoms with van der Waals surface area (Å²) in [6.45, 7) is 0. The molecule has 4 N–H and O–H groups in total. The van der Waals surface area contributed by atoms with Crippen LogP contribution in [0.4, 0.5) is 0 Å². The number of hydrogen-bond acceptors (Lipinski definition) is 4. The Bertz CT molecular complexity index is 561. The molecule has 1 aliphatic rings. The Labute approximate surface area is 104 Å². The number of aromatic carboxylic acids is 1. The first-order valence-corrected chi connectivity index (χ1v) is 6.88. The van der Waals surface area contributed by atoms with E-state index < -0.39 is 21.7 Å². The lowest BCUT2D eigenvalue weighted by Gasteiger charge is -2.40. The molecule has 0 atom stereocenters. The highest BCUT2D eigenvalue weighted by molar-refractivity contribution is 7.87. The molecule has 0 aromatic carbocycles. The lowest BCUT2D eigenvalue weighted by Crippen LogP contribution is -2.54. The highest BCUT2D eigenvalue weighted by Gasteiger charge is 2.44. The van der Waals surface area contributed by atoms with E-state index in [2.05, 4.69) is 19.4 Å². The van der Waals surface area contributed by atoms with Gasteiger partial charge in [-0.1, -0.05) is 0 Å². The minimum absolute atomic E-state index is 0.0556. The van der Waals surface area contributed by atoms with Crippen LogP contribution in [-0.4, -0.2) is 36.5 Å². The summed E-state index contributed by atoms with van der Waals surface area (Å²) >= 11 is 0. The second kappa shape index (κ2) is 4.34. The minimum Gasteiger partial charge on any atom is -0.477 e. The van der Waals surface area contributed by atoms with Crippen molar-refractivity contribution in [2.24, 2.45) is 0 Å². The van der Waals surface area contributed by atoms with E-state index in [1.807, 2.05) is 0 Å². The van der Waals surface area contributed by atoms with Gasteiger partial charge in [-0.2, -0.15) is 13.1 Å². The van der Waals surface area contributed by atoms with Crippen LogP contribution in [0.15, 0.2) is 6.20 Å². The molecule has 1 aromatic rings. The Morgan fingerprint density at radius 3 is 2.61 bits per heavy atom. The minimum atomic E-state index is -3.60. The van der Waals surface area contributed by atoms with E-state index in [0.717, 1.165) is 6.42 Å². The number of carboxylic acid groups (broad SMARTS) is 1. The first-order valence-electron chi connectivity index (χ1n) is 5.40. The summed E-state index contributed by atoms with van der Waals surface area (Å²) in [5, 5.41) is 8.81. The van der Waals surface area contributed by atoms with Gasteiger partial charge in [0.1, 0.15) is 11.5 Å². The molecule has 0 saturated heterocycles. The summed E-state index contributed by atoms with van der Waals surface area (Å²) in [6, 6.07) is 0. The van der Waals surface area contributed by atoms with Crippen LogP contribution < -0.4 is 9.44 Å². The molecule has 2 rings (SSSR count). The van der Waals surface area contributed by atoms with E-state index >= 15 is 0 Å². The van der Waals surface area contributed by atoms with Gasteiger partial charge in [0.05, 0.1) is 11.7 Å². The third-order valence-corrected chi connectivity index (χ3v) is 4.26. The third-order valence-electron chi connectivity index (χ3n) is 3.07. The van der Waals surface area contributed by atoms with Gasteiger partial charge >= 0.3 is 5.97 Å². The zero-order chi connectivity index (χ0) is 13.4. The van der Waals surface area contributed by atoms with Gasteiger partial charge in [0.2, 0.25) is 0 Å². The van der Waals surface area contributed by atoms with E-state index in [9.17, 15) is 13.2 Å².